The van der Waals surface area contributed by atoms with Gasteiger partial charge in [0.2, 0.25) is 0 Å². The van der Waals surface area contributed by atoms with Crippen LogP contribution in [0, 0.1) is 0 Å². The smallest absolute Gasteiger partial charge is 0.0830 e. The molecule has 1 heterocycles. The molecule has 0 unspecified atom stereocenters. The molecule has 0 bridgehead atoms. The summed E-state index contributed by atoms with van der Waals surface area (Å²) in [6, 6.07) is 31.8. The van der Waals surface area contributed by atoms with Crippen molar-refractivity contribution in [1.82, 2.24) is 0 Å². The average molecular weight is 412 g/mol. The van der Waals surface area contributed by atoms with E-state index in [1.165, 1.54) is 26.6 Å². The van der Waals surface area contributed by atoms with Gasteiger partial charge in [-0.15, -0.1) is 11.3 Å². The van der Waals surface area contributed by atoms with Crippen LogP contribution in [-0.2, 0) is 0 Å². The SMILES string of the molecule is CN=C(c1ccc(-c2cccc3ccccc23)cc1)c1sc2ccccc2c1Cl. The topological polar surface area (TPSA) is 12.4 Å². The van der Waals surface area contributed by atoms with Crippen molar-refractivity contribution in [3.63, 3.8) is 0 Å². The van der Waals surface area contributed by atoms with E-state index in [0.29, 0.717) is 0 Å². The highest BCUT2D eigenvalue weighted by molar-refractivity contribution is 7.21. The summed E-state index contributed by atoms with van der Waals surface area (Å²) in [4.78, 5) is 5.60. The van der Waals surface area contributed by atoms with Crippen molar-refractivity contribution in [2.24, 2.45) is 4.99 Å². The van der Waals surface area contributed by atoms with Gasteiger partial charge in [0.15, 0.2) is 0 Å². The summed E-state index contributed by atoms with van der Waals surface area (Å²) < 4.78 is 1.18. The lowest BCUT2D eigenvalue weighted by molar-refractivity contribution is 1.43. The van der Waals surface area contributed by atoms with E-state index in [1.54, 1.807) is 11.3 Å². The zero-order valence-corrected chi connectivity index (χ0v) is 17.5. The first-order valence-electron chi connectivity index (χ1n) is 9.49. The Balaban J connectivity index is 1.57. The molecule has 29 heavy (non-hydrogen) atoms. The van der Waals surface area contributed by atoms with Gasteiger partial charge in [0.25, 0.3) is 0 Å². The fourth-order valence-corrected chi connectivity index (χ4v) is 5.39. The van der Waals surface area contributed by atoms with Gasteiger partial charge in [-0.25, -0.2) is 0 Å². The van der Waals surface area contributed by atoms with Crippen molar-refractivity contribution in [3.05, 3.63) is 106 Å². The number of rotatable bonds is 3. The van der Waals surface area contributed by atoms with Gasteiger partial charge in [0.1, 0.15) is 0 Å². The number of halogens is 1. The van der Waals surface area contributed by atoms with Crippen LogP contribution in [0.2, 0.25) is 5.02 Å². The van der Waals surface area contributed by atoms with Crippen molar-refractivity contribution >= 4 is 49.5 Å². The predicted molar refractivity (Wildman–Crippen MR) is 128 cm³/mol. The summed E-state index contributed by atoms with van der Waals surface area (Å²) in [6.07, 6.45) is 0. The number of fused-ring (bicyclic) bond motifs is 2. The van der Waals surface area contributed by atoms with Gasteiger partial charge in [-0.2, -0.15) is 0 Å². The van der Waals surface area contributed by atoms with Crippen LogP contribution in [0.25, 0.3) is 32.0 Å². The van der Waals surface area contributed by atoms with E-state index in [2.05, 4.69) is 83.9 Å². The van der Waals surface area contributed by atoms with Gasteiger partial charge in [0.05, 0.1) is 15.6 Å². The van der Waals surface area contributed by atoms with E-state index in [9.17, 15) is 0 Å². The Bertz CT molecular complexity index is 1360. The van der Waals surface area contributed by atoms with E-state index in [0.717, 1.165) is 26.6 Å². The number of thiophene rings is 1. The Labute approximate surface area is 178 Å². The molecular formula is C26H18ClNS. The Morgan fingerprint density at radius 1 is 0.759 bits per heavy atom. The van der Waals surface area contributed by atoms with E-state index >= 15 is 0 Å². The molecule has 0 saturated carbocycles. The number of hydrogen-bond donors (Lipinski definition) is 0. The average Bonchev–Trinajstić information content (AvgIpc) is 3.11. The summed E-state index contributed by atoms with van der Waals surface area (Å²) >= 11 is 8.39. The maximum Gasteiger partial charge on any atom is 0.0830 e. The maximum atomic E-state index is 6.70. The third-order valence-corrected chi connectivity index (χ3v) is 6.91. The molecule has 140 valence electrons. The van der Waals surface area contributed by atoms with Gasteiger partial charge in [-0.1, -0.05) is 96.5 Å². The second-order valence-electron chi connectivity index (χ2n) is 6.92. The minimum atomic E-state index is 0.782. The van der Waals surface area contributed by atoms with E-state index < -0.39 is 0 Å². The van der Waals surface area contributed by atoms with Crippen LogP contribution in [0.3, 0.4) is 0 Å². The van der Waals surface area contributed by atoms with Crippen LogP contribution in [0.4, 0.5) is 0 Å². The van der Waals surface area contributed by atoms with Gasteiger partial charge >= 0.3 is 0 Å². The lowest BCUT2D eigenvalue weighted by Crippen LogP contribution is -2.01. The lowest BCUT2D eigenvalue weighted by atomic mass is 9.96. The first-order valence-corrected chi connectivity index (χ1v) is 10.7. The Hall–Kier alpha value is -2.94. The van der Waals surface area contributed by atoms with Crippen molar-refractivity contribution in [1.29, 1.82) is 0 Å². The molecule has 0 aliphatic heterocycles. The number of benzene rings is 4. The molecule has 0 radical (unpaired) electrons. The monoisotopic (exact) mass is 411 g/mol. The molecule has 0 fully saturated rings. The third kappa shape index (κ3) is 3.15. The van der Waals surface area contributed by atoms with Crippen LogP contribution < -0.4 is 0 Å². The predicted octanol–water partition coefficient (Wildman–Crippen LogP) is 7.84. The highest BCUT2D eigenvalue weighted by Gasteiger charge is 2.16. The van der Waals surface area contributed by atoms with Gasteiger partial charge in [-0.3, -0.25) is 4.99 Å². The fraction of sp³-hybridized carbons (Fsp3) is 0.0385. The Morgan fingerprint density at radius 2 is 1.45 bits per heavy atom. The van der Waals surface area contributed by atoms with Crippen LogP contribution >= 0.6 is 22.9 Å². The van der Waals surface area contributed by atoms with Crippen molar-refractivity contribution < 1.29 is 0 Å². The summed E-state index contributed by atoms with van der Waals surface area (Å²) in [5, 5.41) is 4.38. The molecule has 0 amide bonds. The lowest BCUT2D eigenvalue weighted by Gasteiger charge is -2.09. The summed E-state index contributed by atoms with van der Waals surface area (Å²) in [5.74, 6) is 0. The molecule has 0 aliphatic carbocycles. The van der Waals surface area contributed by atoms with Gasteiger partial charge < -0.3 is 0 Å². The van der Waals surface area contributed by atoms with E-state index in [-0.39, 0.29) is 0 Å². The van der Waals surface area contributed by atoms with Crippen molar-refractivity contribution in [2.75, 3.05) is 7.05 Å². The zero-order valence-electron chi connectivity index (χ0n) is 15.9. The highest BCUT2D eigenvalue weighted by Crippen LogP contribution is 2.37. The van der Waals surface area contributed by atoms with Crippen LogP contribution in [0.5, 0.6) is 0 Å². The first kappa shape index (κ1) is 18.1. The van der Waals surface area contributed by atoms with Crippen LogP contribution in [-0.4, -0.2) is 12.8 Å². The highest BCUT2D eigenvalue weighted by atomic mass is 35.5. The molecule has 0 aliphatic rings. The van der Waals surface area contributed by atoms with Crippen molar-refractivity contribution in [3.8, 4) is 11.1 Å². The second kappa shape index (κ2) is 7.47. The minimum absolute atomic E-state index is 0.782. The molecule has 3 heteroatoms. The van der Waals surface area contributed by atoms with Crippen LogP contribution in [0.1, 0.15) is 10.4 Å². The molecule has 5 aromatic rings. The molecule has 1 aromatic heterocycles. The molecule has 1 nitrogen and oxygen atoms in total. The van der Waals surface area contributed by atoms with Crippen molar-refractivity contribution in [2.45, 2.75) is 0 Å². The normalized spacial score (nSPS) is 12.0. The van der Waals surface area contributed by atoms with Crippen LogP contribution in [0.15, 0.2) is 96.0 Å². The molecule has 0 N–H and O–H groups in total. The van der Waals surface area contributed by atoms with E-state index in [4.69, 9.17) is 11.6 Å². The third-order valence-electron chi connectivity index (χ3n) is 5.23. The van der Waals surface area contributed by atoms with Gasteiger partial charge in [0, 0.05) is 22.7 Å². The summed E-state index contributed by atoms with van der Waals surface area (Å²) in [7, 11) is 1.83. The molecule has 0 spiro atoms. The quantitative estimate of drug-likeness (QED) is 0.268. The number of nitrogens with zero attached hydrogens (tertiary/aromatic N) is 1. The first-order chi connectivity index (χ1) is 14.3. The molecular weight excluding hydrogens is 394 g/mol. The molecule has 0 saturated heterocycles. The maximum absolute atomic E-state index is 6.70. The summed E-state index contributed by atoms with van der Waals surface area (Å²) in [6.45, 7) is 0. The Morgan fingerprint density at radius 3 is 2.21 bits per heavy atom. The number of aliphatic imine (C=N–C) groups is 1. The standard InChI is InChI=1S/C26H18ClNS/c1-28-25(26-24(27)22-10-4-5-12-23(22)29-26)19-15-13-18(14-16-19)21-11-6-8-17-7-2-3-9-20(17)21/h2-16H,1H3. The van der Waals surface area contributed by atoms with Gasteiger partial charge in [-0.05, 0) is 28.0 Å². The molecule has 4 aromatic carbocycles. The number of hydrogen-bond acceptors (Lipinski definition) is 2. The largest absolute Gasteiger partial charge is 0.287 e. The second-order valence-corrected chi connectivity index (χ2v) is 8.35. The molecule has 0 atom stereocenters. The fourth-order valence-electron chi connectivity index (χ4n) is 3.81. The van der Waals surface area contributed by atoms with E-state index in [1.807, 2.05) is 19.2 Å². The molecule has 5 rings (SSSR count). The Kier molecular flexibility index (Phi) is 4.67. The minimum Gasteiger partial charge on any atom is -0.287 e. The summed E-state index contributed by atoms with van der Waals surface area (Å²) in [5.41, 5.74) is 4.44. The zero-order chi connectivity index (χ0) is 19.8.